The lowest BCUT2D eigenvalue weighted by Gasteiger charge is -2.24. The Labute approximate surface area is 216 Å². The van der Waals surface area contributed by atoms with Crippen LogP contribution in [0, 0.1) is 0 Å². The zero-order valence-electron chi connectivity index (χ0n) is 18.2. The second-order valence-corrected chi connectivity index (χ2v) is 9.43. The summed E-state index contributed by atoms with van der Waals surface area (Å²) in [4.78, 5) is 9.85. The van der Waals surface area contributed by atoms with Crippen LogP contribution in [0.25, 0.3) is 22.2 Å². The van der Waals surface area contributed by atoms with Crippen LogP contribution >= 0.6 is 34.8 Å². The van der Waals surface area contributed by atoms with Crippen LogP contribution < -0.4 is 5.01 Å². The van der Waals surface area contributed by atoms with Crippen molar-refractivity contribution in [1.29, 1.82) is 0 Å². The van der Waals surface area contributed by atoms with Crippen LogP contribution in [0.15, 0.2) is 94.6 Å². The summed E-state index contributed by atoms with van der Waals surface area (Å²) in [6, 6.07) is 24.5. The maximum absolute atomic E-state index is 6.63. The molecule has 5 aromatic rings. The Morgan fingerprint density at radius 2 is 1.63 bits per heavy atom. The number of benzene rings is 3. The molecule has 0 saturated heterocycles. The van der Waals surface area contributed by atoms with Crippen molar-refractivity contribution in [3.8, 4) is 11.3 Å². The van der Waals surface area contributed by atoms with Gasteiger partial charge < -0.3 is 4.42 Å². The van der Waals surface area contributed by atoms with E-state index < -0.39 is 0 Å². The van der Waals surface area contributed by atoms with E-state index >= 15 is 0 Å². The SMILES string of the molecule is Clc1ccc([C@@H]2CC(c3ccco3)=NN2c2nc(-c3ccccc3)c3cc(Cl)ccc3n2)c(Cl)c1. The highest BCUT2D eigenvalue weighted by molar-refractivity contribution is 6.35. The Morgan fingerprint density at radius 1 is 0.829 bits per heavy atom. The molecular formula is C27H17Cl3N4O. The smallest absolute Gasteiger partial charge is 0.247 e. The third-order valence-corrected chi connectivity index (χ3v) is 6.73. The molecule has 0 amide bonds. The summed E-state index contributed by atoms with van der Waals surface area (Å²) in [5.41, 5.74) is 4.16. The molecule has 3 heterocycles. The Hall–Kier alpha value is -3.38. The molecule has 3 aromatic carbocycles. The molecule has 1 aliphatic rings. The lowest BCUT2D eigenvalue weighted by molar-refractivity contribution is 0.556. The highest BCUT2D eigenvalue weighted by Crippen LogP contribution is 2.40. The first-order chi connectivity index (χ1) is 17.1. The van der Waals surface area contributed by atoms with Gasteiger partial charge in [0.15, 0.2) is 0 Å². The van der Waals surface area contributed by atoms with Crippen LogP contribution in [-0.4, -0.2) is 15.7 Å². The minimum Gasteiger partial charge on any atom is -0.463 e. The first kappa shape index (κ1) is 22.1. The Bertz CT molecular complexity index is 1570. The molecule has 8 heteroatoms. The first-order valence-electron chi connectivity index (χ1n) is 10.9. The van der Waals surface area contributed by atoms with Crippen molar-refractivity contribution < 1.29 is 4.42 Å². The monoisotopic (exact) mass is 518 g/mol. The van der Waals surface area contributed by atoms with E-state index in [0.29, 0.717) is 33.2 Å². The summed E-state index contributed by atoms with van der Waals surface area (Å²) in [7, 11) is 0. The predicted octanol–water partition coefficient (Wildman–Crippen LogP) is 8.21. The van der Waals surface area contributed by atoms with Crippen LogP contribution in [0.2, 0.25) is 15.1 Å². The van der Waals surface area contributed by atoms with Crippen LogP contribution in [0.5, 0.6) is 0 Å². The fourth-order valence-corrected chi connectivity index (χ4v) is 5.01. The third kappa shape index (κ3) is 4.16. The topological polar surface area (TPSA) is 54.5 Å². The van der Waals surface area contributed by atoms with Gasteiger partial charge in [-0.05, 0) is 48.0 Å². The minimum atomic E-state index is -0.242. The molecule has 0 radical (unpaired) electrons. The predicted molar refractivity (Wildman–Crippen MR) is 142 cm³/mol. The van der Waals surface area contributed by atoms with E-state index in [1.807, 2.05) is 77.8 Å². The van der Waals surface area contributed by atoms with Gasteiger partial charge in [-0.2, -0.15) is 5.10 Å². The average Bonchev–Trinajstić information content (AvgIpc) is 3.54. The van der Waals surface area contributed by atoms with Crippen molar-refractivity contribution in [1.82, 2.24) is 9.97 Å². The number of rotatable bonds is 4. The molecule has 1 aliphatic heterocycles. The van der Waals surface area contributed by atoms with Crippen molar-refractivity contribution in [2.24, 2.45) is 5.10 Å². The van der Waals surface area contributed by atoms with Gasteiger partial charge in [-0.3, -0.25) is 0 Å². The molecule has 172 valence electrons. The summed E-state index contributed by atoms with van der Waals surface area (Å²) in [6.45, 7) is 0. The molecule has 0 fully saturated rings. The van der Waals surface area contributed by atoms with E-state index in [0.717, 1.165) is 33.4 Å². The van der Waals surface area contributed by atoms with E-state index in [1.165, 1.54) is 0 Å². The van der Waals surface area contributed by atoms with Crippen molar-refractivity contribution in [2.45, 2.75) is 12.5 Å². The fraction of sp³-hybridized carbons (Fsp3) is 0.0741. The molecule has 0 unspecified atom stereocenters. The Balaban J connectivity index is 1.55. The Kier molecular flexibility index (Phi) is 5.69. The summed E-state index contributed by atoms with van der Waals surface area (Å²) >= 11 is 19.1. The molecule has 0 aliphatic carbocycles. The van der Waals surface area contributed by atoms with Gasteiger partial charge in [-0.15, -0.1) is 0 Å². The van der Waals surface area contributed by atoms with Crippen molar-refractivity contribution >= 4 is 57.4 Å². The largest absolute Gasteiger partial charge is 0.463 e. The zero-order chi connectivity index (χ0) is 23.9. The summed E-state index contributed by atoms with van der Waals surface area (Å²) in [5, 5.41) is 9.32. The van der Waals surface area contributed by atoms with E-state index in [4.69, 9.17) is 54.3 Å². The van der Waals surface area contributed by atoms with Crippen molar-refractivity contribution in [3.63, 3.8) is 0 Å². The first-order valence-corrected chi connectivity index (χ1v) is 12.1. The van der Waals surface area contributed by atoms with Gasteiger partial charge in [0.05, 0.1) is 23.5 Å². The number of hydrazone groups is 1. The van der Waals surface area contributed by atoms with Gasteiger partial charge in [0, 0.05) is 32.4 Å². The molecule has 0 bridgehead atoms. The van der Waals surface area contributed by atoms with Crippen LogP contribution in [0.3, 0.4) is 0 Å². The number of hydrogen-bond acceptors (Lipinski definition) is 5. The summed E-state index contributed by atoms with van der Waals surface area (Å²) in [6.07, 6.45) is 2.20. The summed E-state index contributed by atoms with van der Waals surface area (Å²) < 4.78 is 5.64. The van der Waals surface area contributed by atoms with E-state index in [2.05, 4.69) is 0 Å². The lowest BCUT2D eigenvalue weighted by Crippen LogP contribution is -2.21. The van der Waals surface area contributed by atoms with Crippen LogP contribution in [0.1, 0.15) is 23.8 Å². The van der Waals surface area contributed by atoms with Crippen LogP contribution in [0.4, 0.5) is 5.95 Å². The fourth-order valence-electron chi connectivity index (χ4n) is 4.31. The van der Waals surface area contributed by atoms with Crippen LogP contribution in [-0.2, 0) is 0 Å². The van der Waals surface area contributed by atoms with Gasteiger partial charge in [0.1, 0.15) is 11.5 Å². The quantitative estimate of drug-likeness (QED) is 0.240. The number of fused-ring (bicyclic) bond motifs is 1. The normalized spacial score (nSPS) is 15.6. The van der Waals surface area contributed by atoms with E-state index in [1.54, 1.807) is 12.3 Å². The molecule has 1 atom stereocenters. The highest BCUT2D eigenvalue weighted by atomic mass is 35.5. The zero-order valence-corrected chi connectivity index (χ0v) is 20.5. The lowest BCUT2D eigenvalue weighted by atomic mass is 10.0. The molecule has 0 N–H and O–H groups in total. The molecule has 6 rings (SSSR count). The number of nitrogens with zero attached hydrogens (tertiary/aromatic N) is 4. The number of hydrogen-bond donors (Lipinski definition) is 0. The third-order valence-electron chi connectivity index (χ3n) is 5.94. The molecule has 2 aromatic heterocycles. The molecule has 0 spiro atoms. The standard InChI is InChI=1S/C27H17Cl3N4O/c28-17-9-11-22-20(13-17)26(16-5-2-1-3-6-16)32-27(31-22)34-24(19-10-8-18(29)14-21(19)30)15-23(33-34)25-7-4-12-35-25/h1-14,24H,15H2/t24-/m0/s1. The average molecular weight is 520 g/mol. The highest BCUT2D eigenvalue weighted by Gasteiger charge is 2.34. The second kappa shape index (κ2) is 9.00. The Morgan fingerprint density at radius 3 is 2.40 bits per heavy atom. The molecule has 5 nitrogen and oxygen atoms in total. The van der Waals surface area contributed by atoms with E-state index in [-0.39, 0.29) is 6.04 Å². The number of anilines is 1. The van der Waals surface area contributed by atoms with Crippen molar-refractivity contribution in [2.75, 3.05) is 5.01 Å². The molecular weight excluding hydrogens is 503 g/mol. The van der Waals surface area contributed by atoms with Gasteiger partial charge in [-0.25, -0.2) is 15.0 Å². The molecule has 35 heavy (non-hydrogen) atoms. The van der Waals surface area contributed by atoms with Gasteiger partial charge in [0.2, 0.25) is 5.95 Å². The van der Waals surface area contributed by atoms with Gasteiger partial charge >= 0.3 is 0 Å². The van der Waals surface area contributed by atoms with Gasteiger partial charge in [-0.1, -0.05) is 71.2 Å². The van der Waals surface area contributed by atoms with Crippen molar-refractivity contribution in [3.05, 3.63) is 112 Å². The summed E-state index contributed by atoms with van der Waals surface area (Å²) in [5.74, 6) is 1.15. The molecule has 0 saturated carbocycles. The second-order valence-electron chi connectivity index (χ2n) is 8.15. The number of halogens is 3. The van der Waals surface area contributed by atoms with E-state index in [9.17, 15) is 0 Å². The maximum Gasteiger partial charge on any atom is 0.247 e. The van der Waals surface area contributed by atoms with Gasteiger partial charge in [0.25, 0.3) is 0 Å². The minimum absolute atomic E-state index is 0.242. The maximum atomic E-state index is 6.63. The number of aromatic nitrogens is 2. The number of furan rings is 1.